The summed E-state index contributed by atoms with van der Waals surface area (Å²) < 4.78 is 0. The minimum absolute atomic E-state index is 0.683. The van der Waals surface area contributed by atoms with Crippen LogP contribution in [0, 0.1) is 0 Å². The summed E-state index contributed by atoms with van der Waals surface area (Å²) in [5, 5.41) is 6.63. The molecule has 0 bridgehead atoms. The number of pyridine rings is 1. The number of H-pyrrole nitrogens is 1. The number of nitrogens with zero attached hydrogens (tertiary/aromatic N) is 3. The van der Waals surface area contributed by atoms with Crippen molar-refractivity contribution in [3.05, 3.63) is 54.9 Å². The molecule has 0 radical (unpaired) electrons. The molecule has 0 atom stereocenters. The second kappa shape index (κ2) is 4.17. The molecule has 0 aliphatic carbocycles. The molecule has 1 N–H and O–H groups in total. The first-order valence-electron chi connectivity index (χ1n) is 5.32. The fraction of sp³-hybridized carbons (Fsp3) is 0. The van der Waals surface area contributed by atoms with Gasteiger partial charge >= 0.3 is 0 Å². The maximum atomic E-state index is 4.55. The third kappa shape index (κ3) is 1.92. The van der Waals surface area contributed by atoms with Crippen molar-refractivity contribution < 1.29 is 0 Å². The normalized spacial score (nSPS) is 10.4. The second-order valence-electron chi connectivity index (χ2n) is 3.61. The molecule has 0 fully saturated rings. The van der Waals surface area contributed by atoms with Crippen LogP contribution in [-0.4, -0.2) is 20.2 Å². The Hall–Kier alpha value is -2.49. The van der Waals surface area contributed by atoms with Crippen molar-refractivity contribution >= 4 is 0 Å². The Morgan fingerprint density at radius 3 is 2.41 bits per heavy atom. The molecule has 0 aliphatic heterocycles. The Morgan fingerprint density at radius 2 is 1.65 bits per heavy atom. The second-order valence-corrected chi connectivity index (χ2v) is 3.61. The van der Waals surface area contributed by atoms with Gasteiger partial charge in [0, 0.05) is 5.56 Å². The summed E-state index contributed by atoms with van der Waals surface area (Å²) in [6.07, 6.45) is 1.48. The van der Waals surface area contributed by atoms with Gasteiger partial charge in [0.2, 0.25) is 0 Å². The molecule has 3 aromatic rings. The minimum atomic E-state index is 0.683. The molecule has 3 rings (SSSR count). The van der Waals surface area contributed by atoms with Crippen molar-refractivity contribution in [2.45, 2.75) is 0 Å². The summed E-state index contributed by atoms with van der Waals surface area (Å²) in [4.78, 5) is 8.64. The third-order valence-electron chi connectivity index (χ3n) is 2.48. The fourth-order valence-electron chi connectivity index (χ4n) is 1.67. The Kier molecular flexibility index (Phi) is 2.38. The van der Waals surface area contributed by atoms with E-state index in [1.807, 2.05) is 48.5 Å². The van der Waals surface area contributed by atoms with Gasteiger partial charge < -0.3 is 0 Å². The molecule has 2 aromatic heterocycles. The van der Waals surface area contributed by atoms with Gasteiger partial charge in [0.15, 0.2) is 5.82 Å². The van der Waals surface area contributed by atoms with E-state index >= 15 is 0 Å². The average Bonchev–Trinajstić information content (AvgIpc) is 2.94. The van der Waals surface area contributed by atoms with Crippen LogP contribution in [0.5, 0.6) is 0 Å². The molecule has 0 saturated heterocycles. The van der Waals surface area contributed by atoms with Crippen LogP contribution in [0.4, 0.5) is 0 Å². The Labute approximate surface area is 98.4 Å². The zero-order valence-electron chi connectivity index (χ0n) is 9.04. The van der Waals surface area contributed by atoms with E-state index in [-0.39, 0.29) is 0 Å². The average molecular weight is 222 g/mol. The molecular formula is C13H10N4. The first-order valence-corrected chi connectivity index (χ1v) is 5.32. The number of benzene rings is 1. The number of hydrogen-bond acceptors (Lipinski definition) is 3. The van der Waals surface area contributed by atoms with Crippen molar-refractivity contribution in [1.29, 1.82) is 0 Å². The number of rotatable bonds is 2. The first kappa shape index (κ1) is 9.72. The van der Waals surface area contributed by atoms with Crippen LogP contribution in [0.1, 0.15) is 0 Å². The monoisotopic (exact) mass is 222 g/mol. The molecule has 1 aromatic carbocycles. The zero-order chi connectivity index (χ0) is 11.5. The van der Waals surface area contributed by atoms with Crippen LogP contribution in [0.3, 0.4) is 0 Å². The van der Waals surface area contributed by atoms with Crippen molar-refractivity contribution in [1.82, 2.24) is 20.2 Å². The lowest BCUT2D eigenvalue weighted by atomic mass is 10.1. The van der Waals surface area contributed by atoms with Crippen LogP contribution in [-0.2, 0) is 0 Å². The zero-order valence-corrected chi connectivity index (χ0v) is 9.04. The van der Waals surface area contributed by atoms with Gasteiger partial charge in [-0.25, -0.2) is 9.97 Å². The molecule has 17 heavy (non-hydrogen) atoms. The van der Waals surface area contributed by atoms with Gasteiger partial charge in [-0.15, -0.1) is 0 Å². The van der Waals surface area contributed by atoms with Gasteiger partial charge in [0.25, 0.3) is 0 Å². The predicted octanol–water partition coefficient (Wildman–Crippen LogP) is 2.53. The summed E-state index contributed by atoms with van der Waals surface area (Å²) in [5.41, 5.74) is 2.82. The van der Waals surface area contributed by atoms with Gasteiger partial charge in [0.1, 0.15) is 12.0 Å². The van der Waals surface area contributed by atoms with E-state index in [4.69, 9.17) is 0 Å². The summed E-state index contributed by atoms with van der Waals surface area (Å²) in [5.74, 6) is 0.683. The minimum Gasteiger partial charge on any atom is -0.258 e. The topological polar surface area (TPSA) is 54.5 Å². The van der Waals surface area contributed by atoms with Gasteiger partial charge in [-0.3, -0.25) is 5.10 Å². The molecule has 82 valence electrons. The Balaban J connectivity index is 2.06. The largest absolute Gasteiger partial charge is 0.258 e. The SMILES string of the molecule is c1ccc(-c2cccc(-c3ncn[nH]3)n2)cc1. The number of aromatic amines is 1. The highest BCUT2D eigenvalue weighted by molar-refractivity contribution is 5.62. The summed E-state index contributed by atoms with van der Waals surface area (Å²) in [7, 11) is 0. The van der Waals surface area contributed by atoms with Crippen molar-refractivity contribution in [3.63, 3.8) is 0 Å². The first-order chi connectivity index (χ1) is 8.43. The lowest BCUT2D eigenvalue weighted by Gasteiger charge is -2.02. The molecule has 0 spiro atoms. The third-order valence-corrected chi connectivity index (χ3v) is 2.48. The Morgan fingerprint density at radius 1 is 0.824 bits per heavy atom. The smallest absolute Gasteiger partial charge is 0.174 e. The van der Waals surface area contributed by atoms with E-state index < -0.39 is 0 Å². The number of nitrogens with one attached hydrogen (secondary N) is 1. The number of aromatic nitrogens is 4. The van der Waals surface area contributed by atoms with Gasteiger partial charge in [0.05, 0.1) is 5.69 Å². The molecule has 4 nitrogen and oxygen atoms in total. The highest BCUT2D eigenvalue weighted by atomic mass is 15.2. The highest BCUT2D eigenvalue weighted by Crippen LogP contribution is 2.19. The van der Waals surface area contributed by atoms with Crippen molar-refractivity contribution in [2.75, 3.05) is 0 Å². The van der Waals surface area contributed by atoms with E-state index in [0.717, 1.165) is 17.0 Å². The lowest BCUT2D eigenvalue weighted by molar-refractivity contribution is 1.09. The van der Waals surface area contributed by atoms with Gasteiger partial charge in [-0.1, -0.05) is 36.4 Å². The quantitative estimate of drug-likeness (QED) is 0.724. The molecule has 0 saturated carbocycles. The number of hydrogen-bond donors (Lipinski definition) is 1. The van der Waals surface area contributed by atoms with Crippen LogP contribution in [0.25, 0.3) is 22.8 Å². The van der Waals surface area contributed by atoms with Gasteiger partial charge in [-0.2, -0.15) is 5.10 Å². The predicted molar refractivity (Wildman–Crippen MR) is 65.0 cm³/mol. The standard InChI is InChI=1S/C13H10N4/c1-2-5-10(6-3-1)11-7-4-8-12(16-11)13-14-9-15-17-13/h1-9H,(H,14,15,17). The summed E-state index contributed by atoms with van der Waals surface area (Å²) >= 11 is 0. The van der Waals surface area contributed by atoms with E-state index in [1.54, 1.807) is 0 Å². The summed E-state index contributed by atoms with van der Waals surface area (Å²) in [6.45, 7) is 0. The van der Waals surface area contributed by atoms with Crippen LogP contribution >= 0.6 is 0 Å². The highest BCUT2D eigenvalue weighted by Gasteiger charge is 2.04. The Bertz CT molecular complexity index is 602. The van der Waals surface area contributed by atoms with Crippen LogP contribution < -0.4 is 0 Å². The van der Waals surface area contributed by atoms with Crippen molar-refractivity contribution in [3.8, 4) is 22.8 Å². The molecule has 0 aliphatic rings. The molecular weight excluding hydrogens is 212 g/mol. The summed E-state index contributed by atoms with van der Waals surface area (Å²) in [6, 6.07) is 15.9. The lowest BCUT2D eigenvalue weighted by Crippen LogP contribution is -1.89. The van der Waals surface area contributed by atoms with Crippen molar-refractivity contribution in [2.24, 2.45) is 0 Å². The fourth-order valence-corrected chi connectivity index (χ4v) is 1.67. The van der Waals surface area contributed by atoms with Crippen LogP contribution in [0.15, 0.2) is 54.9 Å². The molecule has 0 amide bonds. The van der Waals surface area contributed by atoms with E-state index in [1.165, 1.54) is 6.33 Å². The molecule has 4 heteroatoms. The maximum Gasteiger partial charge on any atom is 0.174 e. The van der Waals surface area contributed by atoms with E-state index in [9.17, 15) is 0 Å². The molecule has 2 heterocycles. The van der Waals surface area contributed by atoms with E-state index in [0.29, 0.717) is 5.82 Å². The molecule has 0 unspecified atom stereocenters. The maximum absolute atomic E-state index is 4.55. The van der Waals surface area contributed by atoms with Gasteiger partial charge in [-0.05, 0) is 12.1 Å². The van der Waals surface area contributed by atoms with Crippen LogP contribution in [0.2, 0.25) is 0 Å². The van der Waals surface area contributed by atoms with E-state index in [2.05, 4.69) is 20.2 Å².